The third-order valence-corrected chi connectivity index (χ3v) is 3.32. The van der Waals surface area contributed by atoms with E-state index in [1.165, 1.54) is 51.7 Å². The molecule has 1 fully saturated rings. The Labute approximate surface area is 141 Å². The number of nitrogens with one attached hydrogen (secondary N) is 1. The first-order chi connectivity index (χ1) is 8.45. The summed E-state index contributed by atoms with van der Waals surface area (Å²) in [4.78, 5) is 6.85. The molecule has 2 rings (SSSR count). The van der Waals surface area contributed by atoms with Gasteiger partial charge in [-0.05, 0) is 57.5 Å². The van der Waals surface area contributed by atoms with Crippen molar-refractivity contribution in [3.63, 3.8) is 0 Å². The minimum absolute atomic E-state index is 0. The Kier molecular flexibility index (Phi) is 15.2. The highest BCUT2D eigenvalue weighted by Gasteiger charge is 2.08. The molecule has 0 unspecified atom stereocenters. The summed E-state index contributed by atoms with van der Waals surface area (Å²) in [6.45, 7) is 4.93. The number of unbranched alkanes of at least 4 members (excludes halogenated alkanes) is 1. The van der Waals surface area contributed by atoms with Crippen LogP contribution in [0, 0.1) is 0 Å². The van der Waals surface area contributed by atoms with Crippen molar-refractivity contribution in [3.8, 4) is 0 Å². The number of rotatable bonds is 6. The molecule has 118 valence electrons. The van der Waals surface area contributed by atoms with E-state index in [4.69, 9.17) is 0 Å². The van der Waals surface area contributed by atoms with Crippen LogP contribution in [-0.4, -0.2) is 36.1 Å². The molecule has 0 aromatic carbocycles. The highest BCUT2D eigenvalue weighted by molar-refractivity contribution is 5.86. The van der Waals surface area contributed by atoms with Crippen molar-refractivity contribution in [2.45, 2.75) is 32.1 Å². The van der Waals surface area contributed by atoms with Crippen molar-refractivity contribution in [3.05, 3.63) is 24.4 Å². The molecular weight excluding hydrogens is 317 g/mol. The van der Waals surface area contributed by atoms with Crippen molar-refractivity contribution in [2.24, 2.45) is 0 Å². The Morgan fingerprint density at radius 3 is 2.40 bits per heavy atom. The van der Waals surface area contributed by atoms with E-state index in [0.29, 0.717) is 0 Å². The number of pyridine rings is 1. The molecule has 0 atom stereocenters. The third kappa shape index (κ3) is 8.85. The number of aromatic nitrogens is 1. The summed E-state index contributed by atoms with van der Waals surface area (Å²) in [6.07, 6.45) is 8.57. The normalized spacial score (nSPS) is 14.4. The maximum absolute atomic E-state index is 4.24. The van der Waals surface area contributed by atoms with Crippen molar-refractivity contribution in [1.29, 1.82) is 0 Å². The molecule has 1 aromatic heterocycles. The van der Waals surface area contributed by atoms with Crippen LogP contribution in [0.3, 0.4) is 0 Å². The number of hydrogen-bond acceptors (Lipinski definition) is 3. The Morgan fingerprint density at radius 2 is 1.75 bits per heavy atom. The summed E-state index contributed by atoms with van der Waals surface area (Å²) in [5.74, 6) is 0.991. The SMILES string of the molecule is Cl.Cl.Cl.c1ccc(NCCCCN2CCCCC2)nc1. The predicted octanol–water partition coefficient (Wildman–Crippen LogP) is 4.03. The van der Waals surface area contributed by atoms with Crippen molar-refractivity contribution < 1.29 is 0 Å². The number of piperidine rings is 1. The standard InChI is InChI=1S/C14H23N3.3ClH/c1-5-11-17(12-6-1)13-7-4-10-16-14-8-2-3-9-15-14;;;/h2-3,8-9H,1,4-7,10-13H2,(H,15,16);3*1H. The molecule has 1 N–H and O–H groups in total. The molecule has 1 saturated heterocycles. The fourth-order valence-corrected chi connectivity index (χ4v) is 2.33. The molecule has 0 bridgehead atoms. The molecule has 2 heterocycles. The first kappa shape index (κ1) is 22.1. The third-order valence-electron chi connectivity index (χ3n) is 3.32. The van der Waals surface area contributed by atoms with Gasteiger partial charge in [0.15, 0.2) is 0 Å². The zero-order valence-electron chi connectivity index (χ0n) is 11.8. The van der Waals surface area contributed by atoms with E-state index >= 15 is 0 Å². The highest BCUT2D eigenvalue weighted by Crippen LogP contribution is 2.09. The number of likely N-dealkylation sites (tertiary alicyclic amines) is 1. The molecule has 0 saturated carbocycles. The highest BCUT2D eigenvalue weighted by atomic mass is 35.5. The summed E-state index contributed by atoms with van der Waals surface area (Å²) < 4.78 is 0. The topological polar surface area (TPSA) is 28.2 Å². The summed E-state index contributed by atoms with van der Waals surface area (Å²) >= 11 is 0. The van der Waals surface area contributed by atoms with E-state index in [-0.39, 0.29) is 37.2 Å². The van der Waals surface area contributed by atoms with Crippen molar-refractivity contribution >= 4 is 43.0 Å². The largest absolute Gasteiger partial charge is 0.370 e. The molecule has 1 aliphatic heterocycles. The van der Waals surface area contributed by atoms with Gasteiger partial charge in [-0.1, -0.05) is 12.5 Å². The van der Waals surface area contributed by atoms with Crippen LogP contribution in [0.1, 0.15) is 32.1 Å². The van der Waals surface area contributed by atoms with E-state index in [2.05, 4.69) is 15.2 Å². The van der Waals surface area contributed by atoms with Gasteiger partial charge in [-0.3, -0.25) is 0 Å². The molecule has 0 aliphatic carbocycles. The Bertz CT molecular complexity index is 306. The molecule has 1 aromatic rings. The Balaban J connectivity index is 0. The maximum atomic E-state index is 4.24. The fraction of sp³-hybridized carbons (Fsp3) is 0.643. The van der Waals surface area contributed by atoms with Crippen molar-refractivity contribution in [1.82, 2.24) is 9.88 Å². The molecule has 0 spiro atoms. The lowest BCUT2D eigenvalue weighted by molar-refractivity contribution is 0.225. The number of anilines is 1. The van der Waals surface area contributed by atoms with Gasteiger partial charge in [0.25, 0.3) is 0 Å². The fourth-order valence-electron chi connectivity index (χ4n) is 2.33. The second-order valence-electron chi connectivity index (χ2n) is 4.75. The van der Waals surface area contributed by atoms with E-state index in [9.17, 15) is 0 Å². The average molecular weight is 343 g/mol. The van der Waals surface area contributed by atoms with E-state index in [1.807, 2.05) is 24.4 Å². The van der Waals surface area contributed by atoms with Gasteiger partial charge in [-0.2, -0.15) is 0 Å². The average Bonchev–Trinajstić information content (AvgIpc) is 2.41. The van der Waals surface area contributed by atoms with Gasteiger partial charge < -0.3 is 10.2 Å². The first-order valence-corrected chi connectivity index (χ1v) is 6.82. The first-order valence-electron chi connectivity index (χ1n) is 6.82. The van der Waals surface area contributed by atoms with Gasteiger partial charge in [-0.15, -0.1) is 37.2 Å². The quantitative estimate of drug-likeness (QED) is 0.791. The summed E-state index contributed by atoms with van der Waals surface area (Å²) in [5.41, 5.74) is 0. The predicted molar refractivity (Wildman–Crippen MR) is 94.0 cm³/mol. The summed E-state index contributed by atoms with van der Waals surface area (Å²) in [5, 5.41) is 3.35. The lowest BCUT2D eigenvalue weighted by Crippen LogP contribution is -2.30. The molecule has 0 amide bonds. The van der Waals surface area contributed by atoms with Gasteiger partial charge in [0, 0.05) is 12.7 Å². The molecular formula is C14H26Cl3N3. The van der Waals surface area contributed by atoms with Gasteiger partial charge in [0.05, 0.1) is 0 Å². The number of halogens is 3. The molecule has 20 heavy (non-hydrogen) atoms. The second-order valence-corrected chi connectivity index (χ2v) is 4.75. The van der Waals surface area contributed by atoms with Gasteiger partial charge in [0.1, 0.15) is 5.82 Å². The molecule has 6 heteroatoms. The zero-order valence-corrected chi connectivity index (χ0v) is 14.2. The second kappa shape index (κ2) is 13.7. The Morgan fingerprint density at radius 1 is 1.00 bits per heavy atom. The lowest BCUT2D eigenvalue weighted by atomic mass is 10.1. The van der Waals surface area contributed by atoms with Gasteiger partial charge in [0.2, 0.25) is 0 Å². The maximum Gasteiger partial charge on any atom is 0.125 e. The summed E-state index contributed by atoms with van der Waals surface area (Å²) in [6, 6.07) is 5.98. The summed E-state index contributed by atoms with van der Waals surface area (Å²) in [7, 11) is 0. The molecule has 1 aliphatic rings. The number of hydrogen-bond donors (Lipinski definition) is 1. The molecule has 0 radical (unpaired) electrons. The van der Waals surface area contributed by atoms with Gasteiger partial charge >= 0.3 is 0 Å². The zero-order chi connectivity index (χ0) is 11.8. The lowest BCUT2D eigenvalue weighted by Gasteiger charge is -2.26. The van der Waals surface area contributed by atoms with Crippen LogP contribution in [0.4, 0.5) is 5.82 Å². The van der Waals surface area contributed by atoms with Crippen LogP contribution in [0.25, 0.3) is 0 Å². The number of nitrogens with zero attached hydrogens (tertiary/aromatic N) is 2. The Hall–Kier alpha value is -0.220. The smallest absolute Gasteiger partial charge is 0.125 e. The van der Waals surface area contributed by atoms with Crippen LogP contribution >= 0.6 is 37.2 Å². The van der Waals surface area contributed by atoms with E-state index < -0.39 is 0 Å². The van der Waals surface area contributed by atoms with Crippen LogP contribution in [0.5, 0.6) is 0 Å². The van der Waals surface area contributed by atoms with Crippen LogP contribution in [-0.2, 0) is 0 Å². The molecule has 3 nitrogen and oxygen atoms in total. The monoisotopic (exact) mass is 341 g/mol. The van der Waals surface area contributed by atoms with Crippen LogP contribution in [0.15, 0.2) is 24.4 Å². The van der Waals surface area contributed by atoms with Crippen molar-refractivity contribution in [2.75, 3.05) is 31.5 Å². The minimum atomic E-state index is 0. The van der Waals surface area contributed by atoms with E-state index in [0.717, 1.165) is 12.4 Å². The van der Waals surface area contributed by atoms with Crippen LogP contribution < -0.4 is 5.32 Å². The minimum Gasteiger partial charge on any atom is -0.370 e. The van der Waals surface area contributed by atoms with Crippen LogP contribution in [0.2, 0.25) is 0 Å². The van der Waals surface area contributed by atoms with Gasteiger partial charge in [-0.25, -0.2) is 4.98 Å². The van der Waals surface area contributed by atoms with E-state index in [1.54, 1.807) is 0 Å².